The molecule has 2 atom stereocenters. The molecule has 0 saturated heterocycles. The zero-order valence-electron chi connectivity index (χ0n) is 12.2. The van der Waals surface area contributed by atoms with Crippen LogP contribution in [-0.2, 0) is 0 Å². The van der Waals surface area contributed by atoms with E-state index in [-0.39, 0.29) is 5.91 Å². The minimum absolute atomic E-state index is 0.111. The van der Waals surface area contributed by atoms with Gasteiger partial charge in [-0.15, -0.1) is 0 Å². The number of furan rings is 1. The van der Waals surface area contributed by atoms with E-state index in [0.29, 0.717) is 16.5 Å². The summed E-state index contributed by atoms with van der Waals surface area (Å²) >= 11 is 3.68. The highest BCUT2D eigenvalue weighted by Gasteiger charge is 2.21. The lowest BCUT2D eigenvalue weighted by Crippen LogP contribution is -2.31. The molecule has 1 amide bonds. The second-order valence-corrected chi connectivity index (χ2v) is 7.29. The van der Waals surface area contributed by atoms with Gasteiger partial charge in [-0.1, -0.05) is 34.0 Å². The van der Waals surface area contributed by atoms with E-state index in [9.17, 15) is 4.79 Å². The third kappa shape index (κ3) is 3.49. The molecule has 1 fully saturated rings. The maximum absolute atomic E-state index is 12.2. The van der Waals surface area contributed by atoms with Gasteiger partial charge in [0.25, 0.3) is 5.91 Å². The van der Waals surface area contributed by atoms with Crippen LogP contribution in [0.2, 0.25) is 0 Å². The molecule has 1 aromatic heterocycles. The molecule has 0 radical (unpaired) electrons. The van der Waals surface area contributed by atoms with Gasteiger partial charge in [0.1, 0.15) is 5.58 Å². The van der Waals surface area contributed by atoms with Gasteiger partial charge in [-0.3, -0.25) is 4.79 Å². The van der Waals surface area contributed by atoms with Crippen molar-refractivity contribution in [1.29, 1.82) is 0 Å². The Morgan fingerprint density at radius 1 is 1.38 bits per heavy atom. The standard InChI is InChI=1S/C17H20BrNO2/c1-11-5-6-15-13(7-11)9-16(21-15)17(20)19-10-12-3-2-4-14(18)8-12/h5-7,9,12,14H,2-4,8,10H2,1H3,(H,19,20). The maximum Gasteiger partial charge on any atom is 0.287 e. The molecule has 112 valence electrons. The summed E-state index contributed by atoms with van der Waals surface area (Å²) in [6.07, 6.45) is 4.81. The van der Waals surface area contributed by atoms with E-state index in [1.54, 1.807) is 0 Å². The first-order chi connectivity index (χ1) is 10.1. The molecule has 0 spiro atoms. The summed E-state index contributed by atoms with van der Waals surface area (Å²) in [5.74, 6) is 0.862. The van der Waals surface area contributed by atoms with Crippen LogP contribution in [0, 0.1) is 12.8 Å². The van der Waals surface area contributed by atoms with Crippen LogP contribution in [0.4, 0.5) is 0 Å². The fourth-order valence-corrected chi connectivity index (χ4v) is 3.86. The summed E-state index contributed by atoms with van der Waals surface area (Å²) in [7, 11) is 0. The Morgan fingerprint density at radius 3 is 3.05 bits per heavy atom. The number of benzene rings is 1. The fraction of sp³-hybridized carbons (Fsp3) is 0.471. The van der Waals surface area contributed by atoms with Crippen LogP contribution in [0.3, 0.4) is 0 Å². The van der Waals surface area contributed by atoms with E-state index < -0.39 is 0 Å². The third-order valence-electron chi connectivity index (χ3n) is 4.17. The average molecular weight is 350 g/mol. The normalized spacial score (nSPS) is 22.4. The zero-order chi connectivity index (χ0) is 14.8. The van der Waals surface area contributed by atoms with Crippen molar-refractivity contribution in [2.45, 2.75) is 37.4 Å². The number of amides is 1. The Kier molecular flexibility index (Phi) is 4.34. The first kappa shape index (κ1) is 14.6. The van der Waals surface area contributed by atoms with Gasteiger partial charge in [-0.25, -0.2) is 0 Å². The lowest BCUT2D eigenvalue weighted by Gasteiger charge is -2.25. The Hall–Kier alpha value is -1.29. The summed E-state index contributed by atoms with van der Waals surface area (Å²) in [5.41, 5.74) is 1.93. The Labute approximate surface area is 133 Å². The van der Waals surface area contributed by atoms with Crippen molar-refractivity contribution < 1.29 is 9.21 Å². The van der Waals surface area contributed by atoms with Crippen molar-refractivity contribution in [3.63, 3.8) is 0 Å². The SMILES string of the molecule is Cc1ccc2oc(C(=O)NCC3CCCC(Br)C3)cc2c1. The first-order valence-corrected chi connectivity index (χ1v) is 8.46. The van der Waals surface area contributed by atoms with Gasteiger partial charge >= 0.3 is 0 Å². The molecule has 1 aliphatic rings. The largest absolute Gasteiger partial charge is 0.451 e. The number of rotatable bonds is 3. The van der Waals surface area contributed by atoms with E-state index in [4.69, 9.17) is 4.42 Å². The van der Waals surface area contributed by atoms with Crippen molar-refractivity contribution in [2.75, 3.05) is 6.54 Å². The highest BCUT2D eigenvalue weighted by atomic mass is 79.9. The summed E-state index contributed by atoms with van der Waals surface area (Å²) in [5, 5.41) is 4.00. The van der Waals surface area contributed by atoms with Gasteiger partial charge in [-0.2, -0.15) is 0 Å². The van der Waals surface area contributed by atoms with Crippen LogP contribution < -0.4 is 5.32 Å². The highest BCUT2D eigenvalue weighted by Crippen LogP contribution is 2.28. The van der Waals surface area contributed by atoms with E-state index in [1.807, 2.05) is 31.2 Å². The molecule has 2 unspecified atom stereocenters. The molecule has 3 nitrogen and oxygen atoms in total. The van der Waals surface area contributed by atoms with Crippen LogP contribution in [0.1, 0.15) is 41.8 Å². The highest BCUT2D eigenvalue weighted by molar-refractivity contribution is 9.09. The molecule has 4 heteroatoms. The number of hydrogen-bond acceptors (Lipinski definition) is 2. The first-order valence-electron chi connectivity index (χ1n) is 7.54. The van der Waals surface area contributed by atoms with E-state index in [1.165, 1.54) is 24.8 Å². The zero-order valence-corrected chi connectivity index (χ0v) is 13.8. The number of alkyl halides is 1. The molecule has 0 aliphatic heterocycles. The number of nitrogens with one attached hydrogen (secondary N) is 1. The molecular weight excluding hydrogens is 330 g/mol. The fourth-order valence-electron chi connectivity index (χ4n) is 3.01. The Balaban J connectivity index is 1.63. The number of carbonyl (C=O) groups is 1. The number of halogens is 1. The number of carbonyl (C=O) groups excluding carboxylic acids is 1. The van der Waals surface area contributed by atoms with Crippen LogP contribution >= 0.6 is 15.9 Å². The molecule has 1 N–H and O–H groups in total. The van der Waals surface area contributed by atoms with Crippen molar-refractivity contribution >= 4 is 32.8 Å². The summed E-state index contributed by atoms with van der Waals surface area (Å²) < 4.78 is 5.62. The minimum atomic E-state index is -0.111. The van der Waals surface area contributed by atoms with Crippen molar-refractivity contribution in [2.24, 2.45) is 5.92 Å². The van der Waals surface area contributed by atoms with Gasteiger partial charge in [0, 0.05) is 16.8 Å². The molecule has 0 bridgehead atoms. The van der Waals surface area contributed by atoms with Crippen molar-refractivity contribution in [3.8, 4) is 0 Å². The summed E-state index contributed by atoms with van der Waals surface area (Å²) in [6.45, 7) is 2.77. The second kappa shape index (κ2) is 6.22. The van der Waals surface area contributed by atoms with E-state index in [2.05, 4.69) is 21.2 Å². The van der Waals surface area contributed by atoms with Crippen LogP contribution in [-0.4, -0.2) is 17.3 Å². The van der Waals surface area contributed by atoms with E-state index >= 15 is 0 Å². The molecular formula is C17H20BrNO2. The molecule has 21 heavy (non-hydrogen) atoms. The lowest BCUT2D eigenvalue weighted by molar-refractivity contribution is 0.0918. The van der Waals surface area contributed by atoms with Gasteiger partial charge in [-0.05, 0) is 50.3 Å². The predicted molar refractivity (Wildman–Crippen MR) is 88.0 cm³/mol. The monoisotopic (exact) mass is 349 g/mol. The molecule has 1 heterocycles. The smallest absolute Gasteiger partial charge is 0.287 e. The van der Waals surface area contributed by atoms with Gasteiger partial charge < -0.3 is 9.73 Å². The van der Waals surface area contributed by atoms with Gasteiger partial charge in [0.05, 0.1) is 0 Å². The molecule has 1 aliphatic carbocycles. The molecule has 3 rings (SSSR count). The van der Waals surface area contributed by atoms with Crippen LogP contribution in [0.15, 0.2) is 28.7 Å². The summed E-state index contributed by atoms with van der Waals surface area (Å²) in [6, 6.07) is 7.77. The quantitative estimate of drug-likeness (QED) is 0.833. The predicted octanol–water partition coefficient (Wildman–Crippen LogP) is 4.42. The van der Waals surface area contributed by atoms with Crippen LogP contribution in [0.25, 0.3) is 11.0 Å². The third-order valence-corrected chi connectivity index (χ3v) is 5.00. The topological polar surface area (TPSA) is 42.2 Å². The van der Waals surface area contributed by atoms with Crippen LogP contribution in [0.5, 0.6) is 0 Å². The second-order valence-electron chi connectivity index (χ2n) is 5.99. The number of aryl methyl sites for hydroxylation is 1. The summed E-state index contributed by atoms with van der Waals surface area (Å²) in [4.78, 5) is 12.8. The minimum Gasteiger partial charge on any atom is -0.451 e. The number of hydrogen-bond donors (Lipinski definition) is 1. The molecule has 2 aromatic rings. The Morgan fingerprint density at radius 2 is 2.24 bits per heavy atom. The molecule has 1 aromatic carbocycles. The van der Waals surface area contributed by atoms with Crippen molar-refractivity contribution in [3.05, 3.63) is 35.6 Å². The lowest BCUT2D eigenvalue weighted by atomic mass is 9.89. The Bertz CT molecular complexity index is 649. The average Bonchev–Trinajstić information content (AvgIpc) is 2.88. The van der Waals surface area contributed by atoms with E-state index in [0.717, 1.165) is 23.9 Å². The number of fused-ring (bicyclic) bond motifs is 1. The van der Waals surface area contributed by atoms with Gasteiger partial charge in [0.2, 0.25) is 0 Å². The van der Waals surface area contributed by atoms with Crippen molar-refractivity contribution in [1.82, 2.24) is 5.32 Å². The molecule has 1 saturated carbocycles. The van der Waals surface area contributed by atoms with Gasteiger partial charge in [0.15, 0.2) is 5.76 Å². The maximum atomic E-state index is 12.2.